The molecule has 0 aliphatic rings. The van der Waals surface area contributed by atoms with Gasteiger partial charge in [0.15, 0.2) is 0 Å². The van der Waals surface area contributed by atoms with Gasteiger partial charge in [0.25, 0.3) is 0 Å². The molecule has 0 saturated heterocycles. The van der Waals surface area contributed by atoms with Crippen LogP contribution in [0.4, 0.5) is 0 Å². The van der Waals surface area contributed by atoms with E-state index in [1.165, 1.54) is 0 Å². The molecule has 1 aromatic carbocycles. The average Bonchev–Trinajstić information content (AvgIpc) is 2.84. The van der Waals surface area contributed by atoms with Crippen molar-refractivity contribution in [3.05, 3.63) is 53.3 Å². The van der Waals surface area contributed by atoms with Crippen LogP contribution in [0.2, 0.25) is 0 Å². The van der Waals surface area contributed by atoms with E-state index in [0.717, 1.165) is 16.7 Å². The third kappa shape index (κ3) is 2.97. The van der Waals surface area contributed by atoms with Crippen molar-refractivity contribution in [2.75, 3.05) is 0 Å². The van der Waals surface area contributed by atoms with Crippen LogP contribution in [0.25, 0.3) is 0 Å². The summed E-state index contributed by atoms with van der Waals surface area (Å²) in [6, 6.07) is 7.90. The second kappa shape index (κ2) is 5.49. The van der Waals surface area contributed by atoms with Gasteiger partial charge in [-0.05, 0) is 36.6 Å². The van der Waals surface area contributed by atoms with Crippen molar-refractivity contribution in [1.29, 1.82) is 0 Å². The lowest BCUT2D eigenvalue weighted by Gasteiger charge is -2.10. The van der Waals surface area contributed by atoms with Gasteiger partial charge < -0.3 is 5.32 Å². The van der Waals surface area contributed by atoms with E-state index < -0.39 is 0 Å². The minimum Gasteiger partial charge on any atom is -0.337 e. The summed E-state index contributed by atoms with van der Waals surface area (Å²) in [5.74, 6) is 0.0166. The summed E-state index contributed by atoms with van der Waals surface area (Å²) < 4.78 is 1.68. The number of carbonyl (C=O) groups is 1. The number of nitrogens with one attached hydrogen (secondary N) is 1. The molecule has 2 rings (SSSR count). The Hall–Kier alpha value is -2.10. The van der Waals surface area contributed by atoms with E-state index in [-0.39, 0.29) is 5.91 Å². The first-order chi connectivity index (χ1) is 8.66. The van der Waals surface area contributed by atoms with Crippen molar-refractivity contribution in [1.82, 2.24) is 15.1 Å². The predicted molar refractivity (Wildman–Crippen MR) is 70.0 cm³/mol. The fraction of sp³-hybridized carbons (Fsp3) is 0.286. The second-order valence-electron chi connectivity index (χ2n) is 4.35. The Bertz CT molecular complexity index is 512. The number of amides is 1. The largest absolute Gasteiger partial charge is 0.337 e. The lowest BCUT2D eigenvalue weighted by atomic mass is 10.00. The molecule has 0 spiro atoms. The molecule has 1 aromatic heterocycles. The molecule has 0 atom stereocenters. The van der Waals surface area contributed by atoms with E-state index in [2.05, 4.69) is 10.4 Å². The quantitative estimate of drug-likeness (QED) is 0.890. The smallest absolute Gasteiger partial charge is 0.225 e. The summed E-state index contributed by atoms with van der Waals surface area (Å²) in [6.07, 6.45) is 3.93. The Morgan fingerprint density at radius 2 is 2.00 bits per heavy atom. The Labute approximate surface area is 107 Å². The number of benzene rings is 1. The topological polar surface area (TPSA) is 46.9 Å². The Kier molecular flexibility index (Phi) is 3.77. The highest BCUT2D eigenvalue weighted by Crippen LogP contribution is 2.13. The highest BCUT2D eigenvalue weighted by molar-refractivity contribution is 5.79. The van der Waals surface area contributed by atoms with Gasteiger partial charge in [0.2, 0.25) is 5.91 Å². The fourth-order valence-electron chi connectivity index (χ4n) is 1.91. The predicted octanol–water partition coefficient (Wildman–Crippen LogP) is 1.82. The molecule has 0 unspecified atom stereocenters. The summed E-state index contributed by atoms with van der Waals surface area (Å²) in [5, 5.41) is 6.88. The van der Waals surface area contributed by atoms with Gasteiger partial charge in [-0.3, -0.25) is 9.48 Å². The molecule has 4 heteroatoms. The van der Waals surface area contributed by atoms with Gasteiger partial charge in [-0.15, -0.1) is 0 Å². The first kappa shape index (κ1) is 12.4. The molecule has 1 N–H and O–H groups in total. The van der Waals surface area contributed by atoms with Crippen LogP contribution in [0, 0.1) is 13.8 Å². The minimum atomic E-state index is 0.0166. The summed E-state index contributed by atoms with van der Waals surface area (Å²) in [5.41, 5.74) is 3.42. The van der Waals surface area contributed by atoms with Gasteiger partial charge in [-0.1, -0.05) is 18.2 Å². The maximum atomic E-state index is 11.9. The van der Waals surface area contributed by atoms with E-state index in [1.807, 2.05) is 44.3 Å². The lowest BCUT2D eigenvalue weighted by molar-refractivity contribution is -0.121. The van der Waals surface area contributed by atoms with Crippen LogP contribution < -0.4 is 5.32 Å². The lowest BCUT2D eigenvalue weighted by Crippen LogP contribution is -2.28. The van der Waals surface area contributed by atoms with Gasteiger partial charge in [0.1, 0.15) is 6.67 Å². The molecule has 0 fully saturated rings. The molecule has 0 aliphatic heterocycles. The minimum absolute atomic E-state index is 0.0166. The van der Waals surface area contributed by atoms with Gasteiger partial charge in [-0.2, -0.15) is 5.10 Å². The second-order valence-corrected chi connectivity index (χ2v) is 4.35. The third-order valence-electron chi connectivity index (χ3n) is 2.98. The van der Waals surface area contributed by atoms with Crippen LogP contribution in [0.1, 0.15) is 16.7 Å². The molecular formula is C14H17N3O. The standard InChI is InChI=1S/C14H17N3O/c1-11-5-3-6-12(2)13(11)9-14(18)15-10-17-8-4-7-16-17/h3-8H,9-10H2,1-2H3,(H,15,18). The molecule has 2 aromatic rings. The van der Waals surface area contributed by atoms with Crippen LogP contribution in [0.15, 0.2) is 36.7 Å². The zero-order valence-electron chi connectivity index (χ0n) is 10.7. The van der Waals surface area contributed by atoms with E-state index in [4.69, 9.17) is 0 Å². The number of hydrogen-bond donors (Lipinski definition) is 1. The van der Waals surface area contributed by atoms with E-state index in [9.17, 15) is 4.79 Å². The SMILES string of the molecule is Cc1cccc(C)c1CC(=O)NCn1cccn1. The summed E-state index contributed by atoms with van der Waals surface area (Å²) in [4.78, 5) is 11.9. The number of aryl methyl sites for hydroxylation is 2. The van der Waals surface area contributed by atoms with Gasteiger partial charge in [0.05, 0.1) is 6.42 Å². The van der Waals surface area contributed by atoms with Gasteiger partial charge in [0, 0.05) is 12.4 Å². The molecule has 1 heterocycles. The molecule has 18 heavy (non-hydrogen) atoms. The van der Waals surface area contributed by atoms with Crippen molar-refractivity contribution >= 4 is 5.91 Å². The number of aromatic nitrogens is 2. The maximum Gasteiger partial charge on any atom is 0.225 e. The highest BCUT2D eigenvalue weighted by atomic mass is 16.1. The molecule has 0 bridgehead atoms. The Morgan fingerprint density at radius 3 is 2.61 bits per heavy atom. The average molecular weight is 243 g/mol. The molecule has 0 saturated carbocycles. The first-order valence-electron chi connectivity index (χ1n) is 5.96. The number of nitrogens with zero attached hydrogens (tertiary/aromatic N) is 2. The Balaban J connectivity index is 1.95. The van der Waals surface area contributed by atoms with E-state index in [1.54, 1.807) is 10.9 Å². The number of hydrogen-bond acceptors (Lipinski definition) is 2. The van der Waals surface area contributed by atoms with Crippen LogP contribution in [0.3, 0.4) is 0 Å². The fourth-order valence-corrected chi connectivity index (χ4v) is 1.91. The summed E-state index contributed by atoms with van der Waals surface area (Å²) in [6.45, 7) is 4.48. The third-order valence-corrected chi connectivity index (χ3v) is 2.98. The zero-order chi connectivity index (χ0) is 13.0. The summed E-state index contributed by atoms with van der Waals surface area (Å²) >= 11 is 0. The zero-order valence-corrected chi connectivity index (χ0v) is 10.7. The maximum absolute atomic E-state index is 11.9. The van der Waals surface area contributed by atoms with Crippen molar-refractivity contribution in [3.8, 4) is 0 Å². The van der Waals surface area contributed by atoms with E-state index in [0.29, 0.717) is 13.1 Å². The van der Waals surface area contributed by atoms with Crippen molar-refractivity contribution in [2.24, 2.45) is 0 Å². The monoisotopic (exact) mass is 243 g/mol. The molecular weight excluding hydrogens is 226 g/mol. The Morgan fingerprint density at radius 1 is 1.28 bits per heavy atom. The molecule has 1 amide bonds. The molecule has 0 radical (unpaired) electrons. The molecule has 0 aliphatic carbocycles. The van der Waals surface area contributed by atoms with Crippen LogP contribution >= 0.6 is 0 Å². The highest BCUT2D eigenvalue weighted by Gasteiger charge is 2.07. The van der Waals surface area contributed by atoms with Crippen LogP contribution in [0.5, 0.6) is 0 Å². The number of carbonyl (C=O) groups excluding carboxylic acids is 1. The van der Waals surface area contributed by atoms with Crippen LogP contribution in [-0.4, -0.2) is 15.7 Å². The first-order valence-corrected chi connectivity index (χ1v) is 5.96. The number of rotatable bonds is 4. The molecule has 4 nitrogen and oxygen atoms in total. The molecule has 94 valence electrons. The van der Waals surface area contributed by atoms with E-state index >= 15 is 0 Å². The normalized spacial score (nSPS) is 10.3. The summed E-state index contributed by atoms with van der Waals surface area (Å²) in [7, 11) is 0. The van der Waals surface area contributed by atoms with Gasteiger partial charge >= 0.3 is 0 Å². The van der Waals surface area contributed by atoms with Crippen molar-refractivity contribution in [2.45, 2.75) is 26.9 Å². The van der Waals surface area contributed by atoms with Crippen LogP contribution in [-0.2, 0) is 17.9 Å². The van der Waals surface area contributed by atoms with Crippen molar-refractivity contribution in [3.63, 3.8) is 0 Å². The van der Waals surface area contributed by atoms with Gasteiger partial charge in [-0.25, -0.2) is 0 Å². The van der Waals surface area contributed by atoms with Crippen molar-refractivity contribution < 1.29 is 4.79 Å².